The van der Waals surface area contributed by atoms with E-state index in [-0.39, 0.29) is 32.3 Å². The molecular formula is C49H89NO9. The monoisotopic (exact) mass is 836 g/mol. The Morgan fingerprint density at radius 2 is 1.00 bits per heavy atom. The van der Waals surface area contributed by atoms with Crippen LogP contribution >= 0.6 is 0 Å². The predicted molar refractivity (Wildman–Crippen MR) is 241 cm³/mol. The number of rotatable bonds is 42. The van der Waals surface area contributed by atoms with Crippen LogP contribution in [0.2, 0.25) is 0 Å². The Labute approximate surface area is 360 Å². The summed E-state index contributed by atoms with van der Waals surface area (Å²) in [6.45, 7) is 13.6. The first-order valence-corrected chi connectivity index (χ1v) is 24.1. The van der Waals surface area contributed by atoms with Crippen molar-refractivity contribution in [3.63, 3.8) is 0 Å². The molecule has 0 aliphatic rings. The maximum atomic E-state index is 13.4. The minimum Gasteiger partial charge on any atom is -0.481 e. The number of hydrogen-bond donors (Lipinski definition) is 2. The molecule has 0 bridgehead atoms. The number of hydrogen-bond acceptors (Lipinski definition) is 8. The van der Waals surface area contributed by atoms with E-state index in [4.69, 9.17) is 14.2 Å². The quantitative estimate of drug-likeness (QED) is 0.0347. The third kappa shape index (κ3) is 34.5. The first kappa shape index (κ1) is 56.1. The molecule has 10 nitrogen and oxygen atoms in total. The van der Waals surface area contributed by atoms with Crippen molar-refractivity contribution in [1.29, 1.82) is 0 Å². The fourth-order valence-corrected chi connectivity index (χ4v) is 7.45. The van der Waals surface area contributed by atoms with Crippen LogP contribution in [0.15, 0.2) is 24.3 Å². The summed E-state index contributed by atoms with van der Waals surface area (Å²) in [5.74, 6) is -3.88. The number of carbonyl (C=O) groups is 4. The van der Waals surface area contributed by atoms with Crippen LogP contribution < -0.4 is 0 Å². The largest absolute Gasteiger partial charge is 0.508 e. The SMILES string of the molecule is CCCCC/C=C\C/C=C\CCCCCCCCC(CCC(=O)OC(CC(CCCCCC)C(=O)O)CC(CCCCCC)C(=O)O)OC(=O)OCCCN(CC)CC. The third-order valence-corrected chi connectivity index (χ3v) is 11.3. The van der Waals surface area contributed by atoms with Crippen LogP contribution in [0, 0.1) is 11.8 Å². The fourth-order valence-electron chi connectivity index (χ4n) is 7.45. The highest BCUT2D eigenvalue weighted by molar-refractivity contribution is 5.72. The summed E-state index contributed by atoms with van der Waals surface area (Å²) >= 11 is 0. The lowest BCUT2D eigenvalue weighted by Gasteiger charge is -2.25. The number of carboxylic acid groups (broad SMARTS) is 2. The van der Waals surface area contributed by atoms with Gasteiger partial charge in [0.05, 0.1) is 18.4 Å². The Morgan fingerprint density at radius 3 is 1.53 bits per heavy atom. The van der Waals surface area contributed by atoms with Gasteiger partial charge in [0, 0.05) is 13.0 Å². The molecule has 0 aromatic carbocycles. The second kappa shape index (κ2) is 40.5. The molecule has 0 fully saturated rings. The second-order valence-corrected chi connectivity index (χ2v) is 16.5. The minimum atomic E-state index is -0.949. The lowest BCUT2D eigenvalue weighted by molar-refractivity contribution is -0.157. The lowest BCUT2D eigenvalue weighted by Crippen LogP contribution is -2.30. The van der Waals surface area contributed by atoms with Crippen LogP contribution in [-0.4, -0.2) is 77.6 Å². The number of allylic oxidation sites excluding steroid dienone is 4. The molecular weight excluding hydrogens is 747 g/mol. The van der Waals surface area contributed by atoms with Gasteiger partial charge in [-0.3, -0.25) is 14.4 Å². The standard InChI is InChI=1S/C49H89NO9/c1-6-11-14-17-18-19-20-21-22-23-24-25-26-27-28-31-35-44(59-49(56)57-39-32-38-50(9-4)10-5)36-37-46(51)58-45(40-42(47(52)53)33-29-15-12-7-2)41-43(48(54)55)34-30-16-13-8-3/h18-19,21-22,42-45H,6-17,20,23-41H2,1-5H3,(H,52,53)(H,54,55)/b19-18-,22-21-. The zero-order valence-corrected chi connectivity index (χ0v) is 38.4. The highest BCUT2D eigenvalue weighted by Gasteiger charge is 2.30. The average Bonchev–Trinajstić information content (AvgIpc) is 3.21. The van der Waals surface area contributed by atoms with E-state index in [1.54, 1.807) is 0 Å². The first-order chi connectivity index (χ1) is 28.6. The second-order valence-electron chi connectivity index (χ2n) is 16.5. The van der Waals surface area contributed by atoms with E-state index in [1.807, 2.05) is 0 Å². The summed E-state index contributed by atoms with van der Waals surface area (Å²) in [6, 6.07) is 0. The van der Waals surface area contributed by atoms with Gasteiger partial charge in [0.15, 0.2) is 0 Å². The van der Waals surface area contributed by atoms with Crippen LogP contribution in [0.4, 0.5) is 4.79 Å². The number of esters is 1. The van der Waals surface area contributed by atoms with Crippen molar-refractivity contribution in [2.45, 2.75) is 227 Å². The minimum absolute atomic E-state index is 0.0267. The van der Waals surface area contributed by atoms with E-state index in [2.05, 4.69) is 63.8 Å². The topological polar surface area (TPSA) is 140 Å². The molecule has 0 spiro atoms. The van der Waals surface area contributed by atoms with Crippen LogP contribution in [0.5, 0.6) is 0 Å². The smallest absolute Gasteiger partial charge is 0.481 e. The van der Waals surface area contributed by atoms with Gasteiger partial charge in [-0.1, -0.05) is 149 Å². The molecule has 344 valence electrons. The number of carboxylic acids is 2. The number of carbonyl (C=O) groups excluding carboxylic acids is 2. The van der Waals surface area contributed by atoms with E-state index < -0.39 is 48.1 Å². The van der Waals surface area contributed by atoms with Crippen molar-refractivity contribution in [3.05, 3.63) is 24.3 Å². The van der Waals surface area contributed by atoms with E-state index in [0.717, 1.165) is 110 Å². The maximum Gasteiger partial charge on any atom is 0.508 e. The third-order valence-electron chi connectivity index (χ3n) is 11.3. The molecule has 3 atom stereocenters. The van der Waals surface area contributed by atoms with Gasteiger partial charge in [-0.15, -0.1) is 0 Å². The normalized spacial score (nSPS) is 13.8. The molecule has 2 N–H and O–H groups in total. The summed E-state index contributed by atoms with van der Waals surface area (Å²) in [5, 5.41) is 20.1. The van der Waals surface area contributed by atoms with Crippen LogP contribution in [0.1, 0.15) is 214 Å². The average molecular weight is 836 g/mol. The Hall–Kier alpha value is -2.88. The molecule has 10 heteroatoms. The summed E-state index contributed by atoms with van der Waals surface area (Å²) in [4.78, 5) is 53.0. The van der Waals surface area contributed by atoms with Crippen molar-refractivity contribution in [1.82, 2.24) is 4.90 Å². The maximum absolute atomic E-state index is 13.4. The van der Waals surface area contributed by atoms with Crippen LogP contribution in [-0.2, 0) is 28.6 Å². The van der Waals surface area contributed by atoms with Crippen molar-refractivity contribution in [2.24, 2.45) is 11.8 Å². The summed E-state index contributed by atoms with van der Waals surface area (Å²) < 4.78 is 17.1. The van der Waals surface area contributed by atoms with E-state index in [9.17, 15) is 29.4 Å². The molecule has 59 heavy (non-hydrogen) atoms. The number of nitrogens with zero attached hydrogens (tertiary/aromatic N) is 1. The Morgan fingerprint density at radius 1 is 0.525 bits per heavy atom. The van der Waals surface area contributed by atoms with Gasteiger partial charge in [-0.05, 0) is 96.6 Å². The zero-order valence-electron chi connectivity index (χ0n) is 38.4. The van der Waals surface area contributed by atoms with E-state index in [1.165, 1.54) is 38.5 Å². The van der Waals surface area contributed by atoms with Gasteiger partial charge in [0.25, 0.3) is 0 Å². The van der Waals surface area contributed by atoms with Crippen LogP contribution in [0.3, 0.4) is 0 Å². The Kier molecular flexibility index (Phi) is 38.5. The molecule has 0 saturated carbocycles. The van der Waals surface area contributed by atoms with Gasteiger partial charge in [-0.2, -0.15) is 0 Å². The van der Waals surface area contributed by atoms with Crippen LogP contribution in [0.25, 0.3) is 0 Å². The molecule has 3 unspecified atom stereocenters. The molecule has 0 rings (SSSR count). The predicted octanol–water partition coefficient (Wildman–Crippen LogP) is 13.3. The molecule has 0 aromatic heterocycles. The Bertz CT molecular complexity index is 1060. The van der Waals surface area contributed by atoms with Gasteiger partial charge < -0.3 is 29.3 Å². The first-order valence-electron chi connectivity index (χ1n) is 24.1. The molecule has 0 aliphatic carbocycles. The van der Waals surface area contributed by atoms with Gasteiger partial charge in [-0.25, -0.2) is 4.79 Å². The van der Waals surface area contributed by atoms with Gasteiger partial charge in [0.1, 0.15) is 12.2 Å². The number of aliphatic carboxylic acids is 2. The molecule has 0 amide bonds. The molecule has 0 saturated heterocycles. The van der Waals surface area contributed by atoms with Crippen molar-refractivity contribution >= 4 is 24.1 Å². The number of ether oxygens (including phenoxy) is 3. The Balaban J connectivity index is 5.35. The van der Waals surface area contributed by atoms with Crippen molar-refractivity contribution in [2.75, 3.05) is 26.2 Å². The summed E-state index contributed by atoms with van der Waals surface area (Å²) in [5.41, 5.74) is 0. The van der Waals surface area contributed by atoms with Crippen molar-refractivity contribution < 1.29 is 43.6 Å². The van der Waals surface area contributed by atoms with E-state index in [0.29, 0.717) is 25.7 Å². The lowest BCUT2D eigenvalue weighted by atomic mass is 9.88. The molecule has 0 radical (unpaired) electrons. The fraction of sp³-hybridized carbons (Fsp3) is 0.837. The highest BCUT2D eigenvalue weighted by atomic mass is 16.7. The zero-order chi connectivity index (χ0) is 43.8. The summed E-state index contributed by atoms with van der Waals surface area (Å²) in [6.07, 6.45) is 30.6. The van der Waals surface area contributed by atoms with Gasteiger partial charge in [0.2, 0.25) is 0 Å². The number of unbranched alkanes of at least 4 members (excludes halogenated alkanes) is 15. The van der Waals surface area contributed by atoms with E-state index >= 15 is 0 Å². The summed E-state index contributed by atoms with van der Waals surface area (Å²) in [7, 11) is 0. The highest BCUT2D eigenvalue weighted by Crippen LogP contribution is 2.26. The van der Waals surface area contributed by atoms with Crippen molar-refractivity contribution in [3.8, 4) is 0 Å². The van der Waals surface area contributed by atoms with Gasteiger partial charge >= 0.3 is 24.1 Å². The molecule has 0 aliphatic heterocycles. The molecule has 0 heterocycles. The molecule has 0 aromatic rings.